The third kappa shape index (κ3) is 15.0. The molecule has 0 saturated carbocycles. The molecule has 22 rings (SSSR count). The zero-order valence-corrected chi connectivity index (χ0v) is 74.2. The number of unbranched alkanes of at least 4 members (excludes halogenated alkanes) is 4. The van der Waals surface area contributed by atoms with Crippen molar-refractivity contribution in [2.24, 2.45) is 0 Å². The molecule has 6 aromatic heterocycles. The number of hydrogen-bond acceptors (Lipinski definition) is 1. The Kier molecular flexibility index (Phi) is 22.8. The molecule has 6 heterocycles. The third-order valence-electron chi connectivity index (χ3n) is 26.6. The van der Waals surface area contributed by atoms with Gasteiger partial charge in [0.1, 0.15) is 5.75 Å². The van der Waals surface area contributed by atoms with Crippen LogP contribution in [-0.2, 0) is 38.8 Å². The molecule has 0 aliphatic heterocycles. The number of nitrogens with zero attached hydrogens (tertiary/aromatic N) is 6. The van der Waals surface area contributed by atoms with Crippen molar-refractivity contribution in [2.75, 3.05) is 7.11 Å². The van der Waals surface area contributed by atoms with E-state index in [1.165, 1.54) is 244 Å². The molecule has 0 bridgehead atoms. The van der Waals surface area contributed by atoms with Crippen LogP contribution in [-0.4, -0.2) is 34.5 Å². The maximum Gasteiger partial charge on any atom is 0.119 e. The van der Waals surface area contributed by atoms with Crippen LogP contribution in [0.15, 0.2) is 359 Å². The summed E-state index contributed by atoms with van der Waals surface area (Å²) in [6, 6.07) is 125. The molecule has 0 aliphatic carbocycles. The number of aryl methyl sites for hydroxylation is 4. The lowest BCUT2D eigenvalue weighted by atomic mass is 9.99. The van der Waals surface area contributed by atoms with Gasteiger partial charge in [0.15, 0.2) is 0 Å². The molecule has 0 aliphatic rings. The zero-order chi connectivity index (χ0) is 86.9. The molecule has 628 valence electrons. The van der Waals surface area contributed by atoms with Gasteiger partial charge in [0, 0.05) is 112 Å². The van der Waals surface area contributed by atoms with E-state index in [1.807, 2.05) is 18.4 Å². The predicted molar refractivity (Wildman–Crippen MR) is 551 cm³/mol. The molecule has 128 heavy (non-hydrogen) atoms. The first-order valence-electron chi connectivity index (χ1n) is 46.1. The SMILES string of the molecule is C=Cc1ccc(Cn2c3cc(CCCC)ccc3c3ccc4c(c5ccc(CCCC)cc5n4-c4ccccc4)c32)cc1.C=Cc1ccc(Cn2c3ccc(OC)cc3c3ccc4c(c5ccccc5n4-c4ccccc4)c32)cc1.C=Cn1c2ccc(-c3ccc(CCCC)cc3)cc2c2ccc3c(c4ccc(-c5ccc(CCCC)cc5)cc4n3-c3ccccc3)c21. The molecule has 7 nitrogen and oxygen atoms in total. The van der Waals surface area contributed by atoms with E-state index < -0.39 is 0 Å². The van der Waals surface area contributed by atoms with Crippen molar-refractivity contribution in [3.05, 3.63) is 404 Å². The molecule has 16 aromatic carbocycles. The molecular weight excluding hydrogens is 1550 g/mol. The van der Waals surface area contributed by atoms with Crippen LogP contribution in [0.4, 0.5) is 0 Å². The molecule has 0 atom stereocenters. The highest BCUT2D eigenvalue weighted by Crippen LogP contribution is 2.47. The Morgan fingerprint density at radius 1 is 0.258 bits per heavy atom. The van der Waals surface area contributed by atoms with Crippen LogP contribution in [0.2, 0.25) is 0 Å². The number of benzene rings is 16. The molecule has 0 N–H and O–H groups in total. The van der Waals surface area contributed by atoms with E-state index >= 15 is 0 Å². The molecule has 0 radical (unpaired) electrons. The number of methoxy groups -OCH3 is 1. The summed E-state index contributed by atoms with van der Waals surface area (Å²) >= 11 is 0. The molecule has 7 heteroatoms. The van der Waals surface area contributed by atoms with E-state index in [1.54, 1.807) is 7.11 Å². The summed E-state index contributed by atoms with van der Waals surface area (Å²) in [5.74, 6) is 0.869. The van der Waals surface area contributed by atoms with Gasteiger partial charge in [-0.2, -0.15) is 0 Å². The summed E-state index contributed by atoms with van der Waals surface area (Å²) in [5.41, 5.74) is 33.9. The smallest absolute Gasteiger partial charge is 0.119 e. The highest BCUT2D eigenvalue weighted by Gasteiger charge is 2.26. The van der Waals surface area contributed by atoms with Gasteiger partial charge in [-0.15, -0.1) is 0 Å². The maximum atomic E-state index is 5.62. The molecule has 22 aromatic rings. The van der Waals surface area contributed by atoms with Crippen LogP contribution in [0.3, 0.4) is 0 Å². The van der Waals surface area contributed by atoms with E-state index in [-0.39, 0.29) is 0 Å². The van der Waals surface area contributed by atoms with Crippen molar-refractivity contribution < 1.29 is 4.74 Å². The van der Waals surface area contributed by atoms with Gasteiger partial charge in [0.25, 0.3) is 0 Å². The summed E-state index contributed by atoms with van der Waals surface area (Å²) in [4.78, 5) is 0. The van der Waals surface area contributed by atoms with Crippen molar-refractivity contribution in [3.8, 4) is 45.1 Å². The van der Waals surface area contributed by atoms with E-state index in [2.05, 4.69) is 415 Å². The minimum absolute atomic E-state index is 0.772. The van der Waals surface area contributed by atoms with E-state index in [0.717, 1.165) is 67.0 Å². The van der Waals surface area contributed by atoms with Crippen molar-refractivity contribution in [1.29, 1.82) is 0 Å². The van der Waals surface area contributed by atoms with Crippen molar-refractivity contribution in [2.45, 2.75) is 118 Å². The van der Waals surface area contributed by atoms with E-state index in [4.69, 9.17) is 4.74 Å². The average molecular weight is 1660 g/mol. The topological polar surface area (TPSA) is 38.8 Å². The number of ether oxygens (including phenoxy) is 1. The summed E-state index contributed by atoms with van der Waals surface area (Å²) < 4.78 is 20.3. The lowest BCUT2D eigenvalue weighted by Gasteiger charge is -2.11. The van der Waals surface area contributed by atoms with Gasteiger partial charge in [0.2, 0.25) is 0 Å². The van der Waals surface area contributed by atoms with Gasteiger partial charge < -0.3 is 32.1 Å². The van der Waals surface area contributed by atoms with Crippen molar-refractivity contribution >= 4 is 149 Å². The Labute approximate surface area is 750 Å². The van der Waals surface area contributed by atoms with Crippen LogP contribution in [0, 0.1) is 0 Å². The first-order valence-corrected chi connectivity index (χ1v) is 46.1. The highest BCUT2D eigenvalue weighted by molar-refractivity contribution is 6.29. The normalized spacial score (nSPS) is 11.7. The zero-order valence-electron chi connectivity index (χ0n) is 74.2. The number of para-hydroxylation sites is 4. The van der Waals surface area contributed by atoms with Crippen LogP contribution >= 0.6 is 0 Å². The Morgan fingerprint density at radius 2 is 0.617 bits per heavy atom. The lowest BCUT2D eigenvalue weighted by molar-refractivity contribution is 0.415. The van der Waals surface area contributed by atoms with Crippen LogP contribution in [0.25, 0.3) is 189 Å². The molecule has 0 spiro atoms. The lowest BCUT2D eigenvalue weighted by Crippen LogP contribution is -2.00. The van der Waals surface area contributed by atoms with Gasteiger partial charge >= 0.3 is 0 Å². The fourth-order valence-electron chi connectivity index (χ4n) is 20.1. The number of rotatable bonds is 25. The fourth-order valence-corrected chi connectivity index (χ4v) is 20.1. The van der Waals surface area contributed by atoms with Crippen LogP contribution in [0.5, 0.6) is 5.75 Å². The van der Waals surface area contributed by atoms with E-state index in [9.17, 15) is 0 Å². The first-order chi connectivity index (χ1) is 63.1. The predicted octanol–water partition coefficient (Wildman–Crippen LogP) is 32.9. The second kappa shape index (κ2) is 35.8. The quantitative estimate of drug-likeness (QED) is 0.0562. The Hall–Kier alpha value is -14.7. The Balaban J connectivity index is 0.000000122. The van der Waals surface area contributed by atoms with Crippen molar-refractivity contribution in [3.63, 3.8) is 0 Å². The standard InChI is InChI=1S/C46H42N2.C41H40N2.C34H26N2O/c1-4-7-12-32-16-20-34(21-17-32)36-25-28-42-41(30-36)39-27-29-43-45(46(39)47(42)6-3)40-26-24-37(35-22-18-33(19-23-35)13-8-5-2)31-44(40)48(43)38-14-10-9-11-15-38;1-4-7-12-30-20-22-34-35-24-25-37-40(41(35)42(38(34)26-30)28-32-18-16-29(6-3)17-19-32)36-23-21-31(13-8-5-2)27-39(36)43(37)33-14-10-9-11-15-33;1-3-23-13-15-24(16-14-23)22-35-30-19-17-26(37-2)21-29(30)27-18-20-32-33(34(27)35)28-11-7-8-12-31(28)36(32)25-9-5-4-6-10-25/h6,9-11,14-31H,3-5,7-8,12-13H2,1-2H3;6,9-11,14-27H,3-5,7-8,12-13,28H2,1-2H3;3-21H,1,22H2,2H3. The summed E-state index contributed by atoms with van der Waals surface area (Å²) in [6.45, 7) is 22.8. The molecule has 0 fully saturated rings. The second-order valence-electron chi connectivity index (χ2n) is 34.6. The molecule has 0 unspecified atom stereocenters. The van der Waals surface area contributed by atoms with Crippen molar-refractivity contribution in [1.82, 2.24) is 27.4 Å². The maximum absolute atomic E-state index is 5.62. The molecular formula is C121H108N6O. The first kappa shape index (κ1) is 81.7. The van der Waals surface area contributed by atoms with Crippen LogP contribution < -0.4 is 4.74 Å². The van der Waals surface area contributed by atoms with Gasteiger partial charge in [-0.3, -0.25) is 0 Å². The largest absolute Gasteiger partial charge is 0.497 e. The number of aromatic nitrogens is 6. The number of fused-ring (bicyclic) bond motifs is 21. The Morgan fingerprint density at radius 3 is 1.12 bits per heavy atom. The summed E-state index contributed by atoms with van der Waals surface area (Å²) in [5, 5.41) is 15.3. The summed E-state index contributed by atoms with van der Waals surface area (Å²) in [7, 11) is 1.73. The second-order valence-corrected chi connectivity index (χ2v) is 34.6. The minimum atomic E-state index is 0.772. The van der Waals surface area contributed by atoms with Gasteiger partial charge in [-0.1, -0.05) is 316 Å². The van der Waals surface area contributed by atoms with E-state index in [0.29, 0.717) is 0 Å². The average Bonchev–Trinajstić information content (AvgIpc) is 1.56. The minimum Gasteiger partial charge on any atom is -0.497 e. The molecule has 0 amide bonds. The van der Waals surface area contributed by atoms with Crippen LogP contribution in [0.1, 0.15) is 124 Å². The third-order valence-corrected chi connectivity index (χ3v) is 26.6. The molecule has 0 saturated heterocycles. The summed E-state index contributed by atoms with van der Waals surface area (Å²) in [6.07, 6.45) is 20.0. The monoisotopic (exact) mass is 1660 g/mol. The highest BCUT2D eigenvalue weighted by atomic mass is 16.5. The Bertz CT molecular complexity index is 7900. The fraction of sp³-hybridized carbons (Fsp3) is 0.157. The van der Waals surface area contributed by atoms with Gasteiger partial charge in [0.05, 0.1) is 62.3 Å². The van der Waals surface area contributed by atoms with Gasteiger partial charge in [-0.25, -0.2) is 0 Å². The number of hydrogen-bond donors (Lipinski definition) is 0. The van der Waals surface area contributed by atoms with Gasteiger partial charge in [-0.05, 0) is 227 Å².